The summed E-state index contributed by atoms with van der Waals surface area (Å²) in [4.78, 5) is 0.462. The number of benzene rings is 2. The number of hydrogen-bond acceptors (Lipinski definition) is 2. The van der Waals surface area contributed by atoms with E-state index in [0.717, 1.165) is 10.0 Å². The highest BCUT2D eigenvalue weighted by molar-refractivity contribution is 9.10. The molecule has 2 nitrogen and oxygen atoms in total. The van der Waals surface area contributed by atoms with Crippen LogP contribution in [-0.4, -0.2) is 4.21 Å². The minimum absolute atomic E-state index is 0.313. The quantitative estimate of drug-likeness (QED) is 0.790. The number of nitrogen functional groups attached to an aromatic ring is 1. The first kappa shape index (κ1) is 14.9. The van der Waals surface area contributed by atoms with Crippen LogP contribution in [0.15, 0.2) is 45.8 Å². The SMILES string of the molecule is Nc1cc(Br)cc(CS(=O)c2c(Cl)cccc2Cl)c1. The number of hydrogen-bond donors (Lipinski definition) is 1. The van der Waals surface area contributed by atoms with Crippen LogP contribution in [0.1, 0.15) is 5.56 Å². The summed E-state index contributed by atoms with van der Waals surface area (Å²) in [5.41, 5.74) is 7.23. The molecular formula is C13H10BrCl2NOS. The first-order chi connectivity index (χ1) is 8.97. The Morgan fingerprint density at radius 2 is 1.79 bits per heavy atom. The predicted octanol–water partition coefficient (Wildman–Crippen LogP) is 4.65. The summed E-state index contributed by atoms with van der Waals surface area (Å²) in [7, 11) is -1.31. The highest BCUT2D eigenvalue weighted by atomic mass is 79.9. The number of rotatable bonds is 3. The molecule has 0 aliphatic heterocycles. The lowest BCUT2D eigenvalue weighted by atomic mass is 10.2. The molecule has 100 valence electrons. The van der Waals surface area contributed by atoms with Crippen LogP contribution < -0.4 is 5.73 Å². The summed E-state index contributed by atoms with van der Waals surface area (Å²) < 4.78 is 13.2. The summed E-state index contributed by atoms with van der Waals surface area (Å²) in [6.07, 6.45) is 0. The molecule has 0 aromatic heterocycles. The van der Waals surface area contributed by atoms with Gasteiger partial charge < -0.3 is 5.73 Å². The van der Waals surface area contributed by atoms with Crippen LogP contribution in [0.25, 0.3) is 0 Å². The maximum Gasteiger partial charge on any atom is 0.0763 e. The van der Waals surface area contributed by atoms with Crippen molar-refractivity contribution in [2.24, 2.45) is 0 Å². The zero-order valence-corrected chi connectivity index (χ0v) is 13.6. The molecule has 1 unspecified atom stereocenters. The Balaban J connectivity index is 2.31. The second-order valence-electron chi connectivity index (χ2n) is 3.93. The van der Waals surface area contributed by atoms with Gasteiger partial charge in [-0.2, -0.15) is 0 Å². The molecule has 19 heavy (non-hydrogen) atoms. The fraction of sp³-hybridized carbons (Fsp3) is 0.0769. The van der Waals surface area contributed by atoms with Crippen LogP contribution in [0.4, 0.5) is 5.69 Å². The second-order valence-corrected chi connectivity index (χ2v) is 7.05. The maximum absolute atomic E-state index is 12.4. The van der Waals surface area contributed by atoms with Crippen molar-refractivity contribution < 1.29 is 4.21 Å². The van der Waals surface area contributed by atoms with Gasteiger partial charge in [0.05, 0.1) is 31.5 Å². The van der Waals surface area contributed by atoms with E-state index in [2.05, 4.69) is 15.9 Å². The van der Waals surface area contributed by atoms with Crippen LogP contribution >= 0.6 is 39.1 Å². The Morgan fingerprint density at radius 1 is 1.16 bits per heavy atom. The van der Waals surface area contributed by atoms with E-state index in [0.29, 0.717) is 26.4 Å². The van der Waals surface area contributed by atoms with Crippen LogP contribution in [0.5, 0.6) is 0 Å². The molecule has 2 aromatic carbocycles. The van der Waals surface area contributed by atoms with Crippen molar-refractivity contribution in [3.63, 3.8) is 0 Å². The van der Waals surface area contributed by atoms with E-state index in [1.54, 1.807) is 30.3 Å². The van der Waals surface area contributed by atoms with Crippen molar-refractivity contribution in [1.82, 2.24) is 0 Å². The molecule has 0 aliphatic carbocycles. The largest absolute Gasteiger partial charge is 0.399 e. The van der Waals surface area contributed by atoms with Crippen molar-refractivity contribution in [1.29, 1.82) is 0 Å². The molecule has 0 radical (unpaired) electrons. The fourth-order valence-electron chi connectivity index (χ4n) is 1.68. The molecule has 0 spiro atoms. The molecule has 0 fully saturated rings. The van der Waals surface area contributed by atoms with Gasteiger partial charge in [0.2, 0.25) is 0 Å². The molecule has 0 bridgehead atoms. The van der Waals surface area contributed by atoms with E-state index in [9.17, 15) is 4.21 Å². The van der Waals surface area contributed by atoms with Crippen LogP contribution in [-0.2, 0) is 16.6 Å². The average molecular weight is 379 g/mol. The van der Waals surface area contributed by atoms with Crippen molar-refractivity contribution in [3.8, 4) is 0 Å². The van der Waals surface area contributed by atoms with Gasteiger partial charge in [0.25, 0.3) is 0 Å². The second kappa shape index (κ2) is 6.27. The van der Waals surface area contributed by atoms with E-state index in [1.165, 1.54) is 0 Å². The zero-order chi connectivity index (χ0) is 14.0. The first-order valence-electron chi connectivity index (χ1n) is 5.34. The maximum atomic E-state index is 12.4. The first-order valence-corrected chi connectivity index (χ1v) is 8.21. The van der Waals surface area contributed by atoms with Gasteiger partial charge in [-0.1, -0.05) is 45.2 Å². The highest BCUT2D eigenvalue weighted by Crippen LogP contribution is 2.29. The van der Waals surface area contributed by atoms with E-state index >= 15 is 0 Å². The summed E-state index contributed by atoms with van der Waals surface area (Å²) in [5.74, 6) is 0.313. The minimum Gasteiger partial charge on any atom is -0.399 e. The number of halogens is 3. The van der Waals surface area contributed by atoms with E-state index < -0.39 is 10.8 Å². The monoisotopic (exact) mass is 377 g/mol. The fourth-order valence-corrected chi connectivity index (χ4v) is 4.34. The molecule has 0 heterocycles. The Hall–Kier alpha value is -0.550. The van der Waals surface area contributed by atoms with Crippen molar-refractivity contribution in [3.05, 3.63) is 56.5 Å². The standard InChI is InChI=1S/C13H10BrCl2NOS/c14-9-4-8(5-10(17)6-9)7-19(18)13-11(15)2-1-3-12(13)16/h1-6H,7,17H2. The van der Waals surface area contributed by atoms with Gasteiger partial charge in [0.1, 0.15) is 0 Å². The van der Waals surface area contributed by atoms with Crippen molar-refractivity contribution in [2.75, 3.05) is 5.73 Å². The molecule has 0 aliphatic rings. The van der Waals surface area contributed by atoms with Crippen LogP contribution in [0, 0.1) is 0 Å². The Kier molecular flexibility index (Phi) is 4.90. The molecule has 2 N–H and O–H groups in total. The van der Waals surface area contributed by atoms with Gasteiger partial charge in [-0.05, 0) is 35.9 Å². The van der Waals surface area contributed by atoms with E-state index in [-0.39, 0.29) is 0 Å². The smallest absolute Gasteiger partial charge is 0.0763 e. The molecule has 1 atom stereocenters. The number of anilines is 1. The summed E-state index contributed by atoms with van der Waals surface area (Å²) in [6, 6.07) is 10.5. The lowest BCUT2D eigenvalue weighted by Gasteiger charge is -2.08. The third-order valence-electron chi connectivity index (χ3n) is 2.42. The van der Waals surface area contributed by atoms with E-state index in [4.69, 9.17) is 28.9 Å². The lowest BCUT2D eigenvalue weighted by Crippen LogP contribution is -1.99. The van der Waals surface area contributed by atoms with Crippen molar-refractivity contribution >= 4 is 55.6 Å². The highest BCUT2D eigenvalue weighted by Gasteiger charge is 2.14. The van der Waals surface area contributed by atoms with Gasteiger partial charge in [0, 0.05) is 10.2 Å². The van der Waals surface area contributed by atoms with Gasteiger partial charge in [-0.3, -0.25) is 4.21 Å². The zero-order valence-electron chi connectivity index (χ0n) is 9.70. The van der Waals surface area contributed by atoms with Gasteiger partial charge in [-0.25, -0.2) is 0 Å². The molecule has 0 saturated carbocycles. The van der Waals surface area contributed by atoms with Gasteiger partial charge in [-0.15, -0.1) is 0 Å². The molecular weight excluding hydrogens is 369 g/mol. The number of nitrogens with two attached hydrogens (primary N) is 1. The molecule has 0 amide bonds. The molecule has 2 aromatic rings. The van der Waals surface area contributed by atoms with Gasteiger partial charge >= 0.3 is 0 Å². The average Bonchev–Trinajstić information content (AvgIpc) is 2.26. The molecule has 6 heteroatoms. The summed E-state index contributed by atoms with van der Waals surface area (Å²) in [6.45, 7) is 0. The molecule has 0 saturated heterocycles. The van der Waals surface area contributed by atoms with Crippen LogP contribution in [0.3, 0.4) is 0 Å². The minimum atomic E-state index is -1.31. The van der Waals surface area contributed by atoms with Crippen molar-refractivity contribution in [2.45, 2.75) is 10.6 Å². The lowest BCUT2D eigenvalue weighted by molar-refractivity contribution is 0.682. The predicted molar refractivity (Wildman–Crippen MR) is 85.1 cm³/mol. The Morgan fingerprint density at radius 3 is 2.37 bits per heavy atom. The Labute approximate surface area is 132 Å². The third-order valence-corrected chi connectivity index (χ3v) is 5.23. The summed E-state index contributed by atoms with van der Waals surface area (Å²) >= 11 is 15.4. The molecule has 2 rings (SSSR count). The summed E-state index contributed by atoms with van der Waals surface area (Å²) in [5, 5.41) is 0.822. The topological polar surface area (TPSA) is 43.1 Å². The van der Waals surface area contributed by atoms with Gasteiger partial charge in [0.15, 0.2) is 0 Å². The third kappa shape index (κ3) is 3.72. The van der Waals surface area contributed by atoms with E-state index in [1.807, 2.05) is 6.07 Å². The Bertz CT molecular complexity index is 608. The van der Waals surface area contributed by atoms with Crippen LogP contribution in [0.2, 0.25) is 10.0 Å². The normalized spacial score (nSPS) is 12.4.